The molecule has 1 aliphatic rings. The van der Waals surface area contributed by atoms with Gasteiger partial charge < -0.3 is 62.8 Å². The minimum absolute atomic E-state index is 0.00389. The molecule has 0 unspecified atom stereocenters. The number of unbranched alkanes of at least 4 members (excludes halogenated alkanes) is 12. The maximum atomic E-state index is 14.1. The summed E-state index contributed by atoms with van der Waals surface area (Å²) in [5.41, 5.74) is 5.47. The number of phenols is 2. The van der Waals surface area contributed by atoms with Crippen molar-refractivity contribution in [2.45, 2.75) is 147 Å². The molecule has 0 saturated carbocycles. The van der Waals surface area contributed by atoms with Crippen molar-refractivity contribution in [3.8, 4) is 22.6 Å². The summed E-state index contributed by atoms with van der Waals surface area (Å²) in [6.07, 6.45) is 14.8. The largest absolute Gasteiger partial charge is 0.507 e. The predicted molar refractivity (Wildman–Crippen MR) is 269 cm³/mol. The minimum atomic E-state index is -1.55. The summed E-state index contributed by atoms with van der Waals surface area (Å²) in [5.74, 6) is -9.44. The lowest BCUT2D eigenvalue weighted by Crippen LogP contribution is -2.56. The number of ketones is 1. The van der Waals surface area contributed by atoms with Gasteiger partial charge in [-0.3, -0.25) is 47.9 Å². The van der Waals surface area contributed by atoms with Crippen LogP contribution in [0.3, 0.4) is 0 Å². The standard InChI is InChI=1S/C51H75N9O13/c1-6-7-8-9-10-11-12-13-14-15-16-17-18-19-43(66)59(4)38(30-61)49(71)56-31(2)46(68)55-29-44(67)60(5)45-34-21-23-40(63)36(26-34)35-24-33(20-22-39(35)62)25-37(58-47(69)32(3)57-51(45)73)48(70)53-27-41(64)50(72)54-28-42(52)65/h20-24,26,31-32,37-38,45,61-63H,6-19,25,27-30H2,1-5H3,(H2,52,65)(H,53,70)(H,54,72)(H,55,68)(H,56,71)(H,57,73)(H,58,69)/t31-,32+,37+,38-,45+/m1/s1. The van der Waals surface area contributed by atoms with Crippen molar-refractivity contribution in [1.29, 1.82) is 0 Å². The van der Waals surface area contributed by atoms with Gasteiger partial charge in [0.05, 0.1) is 26.2 Å². The molecule has 402 valence electrons. The Morgan fingerprint density at radius 1 is 0.712 bits per heavy atom. The highest BCUT2D eigenvalue weighted by molar-refractivity contribution is 6.37. The summed E-state index contributed by atoms with van der Waals surface area (Å²) >= 11 is 0. The van der Waals surface area contributed by atoms with Crippen LogP contribution in [0, 0.1) is 0 Å². The van der Waals surface area contributed by atoms with E-state index in [1.807, 2.05) is 5.32 Å². The second-order valence-corrected chi connectivity index (χ2v) is 18.5. The van der Waals surface area contributed by atoms with Crippen LogP contribution >= 0.6 is 0 Å². The molecule has 73 heavy (non-hydrogen) atoms. The molecule has 3 rings (SSSR count). The molecular formula is C51H75N9O13. The smallest absolute Gasteiger partial charge is 0.289 e. The molecule has 0 saturated heterocycles. The lowest BCUT2D eigenvalue weighted by Gasteiger charge is -2.30. The van der Waals surface area contributed by atoms with Crippen LogP contribution < -0.4 is 37.6 Å². The topological polar surface area (TPSA) is 336 Å². The molecule has 0 spiro atoms. The highest BCUT2D eigenvalue weighted by Gasteiger charge is 2.34. The fraction of sp³-hybridized carbons (Fsp3) is 0.569. The number of benzene rings is 2. The molecule has 9 amide bonds. The van der Waals surface area contributed by atoms with E-state index in [1.54, 1.807) is 0 Å². The number of phenolic OH excluding ortho intramolecular Hbond substituents is 2. The van der Waals surface area contributed by atoms with E-state index in [-0.39, 0.29) is 46.9 Å². The zero-order chi connectivity index (χ0) is 54.2. The number of rotatable bonds is 28. The number of Topliss-reactive ketones (excluding diaryl/α,β-unsaturated/α-hetero) is 1. The van der Waals surface area contributed by atoms with E-state index in [1.165, 1.54) is 116 Å². The maximum absolute atomic E-state index is 14.1. The van der Waals surface area contributed by atoms with E-state index in [9.17, 15) is 63.3 Å². The number of nitrogens with one attached hydrogen (secondary N) is 6. The number of hydrogen-bond acceptors (Lipinski definition) is 13. The quantitative estimate of drug-likeness (QED) is 0.0421. The minimum Gasteiger partial charge on any atom is -0.507 e. The Balaban J connectivity index is 1.67. The van der Waals surface area contributed by atoms with Crippen LogP contribution in [0.15, 0.2) is 36.4 Å². The summed E-state index contributed by atoms with van der Waals surface area (Å²) in [6, 6.07) is 1.13. The number of nitrogens with two attached hydrogens (primary N) is 1. The van der Waals surface area contributed by atoms with Gasteiger partial charge in [-0.25, -0.2) is 0 Å². The van der Waals surface area contributed by atoms with Gasteiger partial charge >= 0.3 is 0 Å². The molecule has 1 aliphatic heterocycles. The van der Waals surface area contributed by atoms with Crippen molar-refractivity contribution >= 4 is 58.9 Å². The zero-order valence-corrected chi connectivity index (χ0v) is 42.7. The Morgan fingerprint density at radius 2 is 1.29 bits per heavy atom. The second-order valence-electron chi connectivity index (χ2n) is 18.5. The van der Waals surface area contributed by atoms with Gasteiger partial charge in [-0.2, -0.15) is 0 Å². The third kappa shape index (κ3) is 19.4. The van der Waals surface area contributed by atoms with E-state index < -0.39 is 109 Å². The van der Waals surface area contributed by atoms with Crippen LogP contribution in [-0.4, -0.2) is 149 Å². The number of likely N-dealkylation sites (N-methyl/N-ethyl adjacent to an activating group) is 2. The van der Waals surface area contributed by atoms with E-state index in [0.717, 1.165) is 35.5 Å². The number of aromatic hydroxyl groups is 2. The molecule has 11 N–H and O–H groups in total. The van der Waals surface area contributed by atoms with E-state index in [4.69, 9.17) is 5.73 Å². The number of amides is 9. The molecule has 0 fully saturated rings. The summed E-state index contributed by atoms with van der Waals surface area (Å²) in [4.78, 5) is 132. The van der Waals surface area contributed by atoms with E-state index >= 15 is 0 Å². The van der Waals surface area contributed by atoms with Crippen LogP contribution in [0.5, 0.6) is 11.5 Å². The third-order valence-corrected chi connectivity index (χ3v) is 12.6. The van der Waals surface area contributed by atoms with Crippen LogP contribution in [-0.2, 0) is 54.4 Å². The number of fused-ring (bicyclic) bond motifs is 5. The molecule has 2 aromatic carbocycles. The fourth-order valence-electron chi connectivity index (χ4n) is 8.14. The van der Waals surface area contributed by atoms with Gasteiger partial charge in [-0.05, 0) is 55.7 Å². The van der Waals surface area contributed by atoms with Crippen LogP contribution in [0.4, 0.5) is 0 Å². The normalized spacial score (nSPS) is 16.3. The van der Waals surface area contributed by atoms with Gasteiger partial charge in [0, 0.05) is 38.1 Å². The van der Waals surface area contributed by atoms with Gasteiger partial charge in [0.1, 0.15) is 41.7 Å². The molecule has 0 radical (unpaired) electrons. The van der Waals surface area contributed by atoms with Crippen molar-refractivity contribution < 1.29 is 63.3 Å². The molecule has 0 aromatic heterocycles. The highest BCUT2D eigenvalue weighted by Crippen LogP contribution is 2.38. The Kier molecular flexibility index (Phi) is 25.3. The van der Waals surface area contributed by atoms with Crippen molar-refractivity contribution in [2.75, 3.05) is 40.3 Å². The zero-order valence-electron chi connectivity index (χ0n) is 42.7. The summed E-state index contributed by atoms with van der Waals surface area (Å²) < 4.78 is 0. The van der Waals surface area contributed by atoms with Crippen LogP contribution in [0.2, 0.25) is 0 Å². The second kappa shape index (κ2) is 30.7. The number of hydrogen-bond donors (Lipinski definition) is 10. The molecule has 0 aliphatic carbocycles. The number of carbonyl (C=O) groups excluding carboxylic acids is 10. The van der Waals surface area contributed by atoms with Gasteiger partial charge in [0.25, 0.3) is 5.91 Å². The molecule has 22 nitrogen and oxygen atoms in total. The lowest BCUT2D eigenvalue weighted by molar-refractivity contribution is -0.142. The lowest BCUT2D eigenvalue weighted by atomic mass is 9.93. The molecule has 22 heteroatoms. The molecular weight excluding hydrogens is 947 g/mol. The number of nitrogens with zero attached hydrogens (tertiary/aromatic N) is 2. The molecule has 1 heterocycles. The van der Waals surface area contributed by atoms with Crippen molar-refractivity contribution in [3.05, 3.63) is 47.5 Å². The number of carbonyl (C=O) groups is 10. The first-order valence-electron chi connectivity index (χ1n) is 25.0. The maximum Gasteiger partial charge on any atom is 0.289 e. The average Bonchev–Trinajstić information content (AvgIpc) is 3.35. The van der Waals surface area contributed by atoms with Crippen molar-refractivity contribution in [2.24, 2.45) is 5.73 Å². The summed E-state index contributed by atoms with van der Waals surface area (Å²) in [5, 5.41) is 46.2. The Labute approximate surface area is 426 Å². The SMILES string of the molecule is CCCCCCCCCCCCCCCC(=O)N(C)[C@H](CO)C(=O)N[C@H](C)C(=O)NCC(=O)N(C)[C@@H]1C(=O)N[C@@H](C)C(=O)N[C@H](C(=O)NCC(=O)C(=O)NCC(N)=O)Cc2ccc(O)c(c2)-c2cc1ccc2O. The Morgan fingerprint density at radius 3 is 1.88 bits per heavy atom. The van der Waals surface area contributed by atoms with Crippen LogP contribution in [0.25, 0.3) is 11.1 Å². The van der Waals surface area contributed by atoms with Crippen molar-refractivity contribution in [3.63, 3.8) is 0 Å². The first kappa shape index (κ1) is 60.2. The first-order valence-corrected chi connectivity index (χ1v) is 25.0. The van der Waals surface area contributed by atoms with Gasteiger partial charge in [-0.15, -0.1) is 0 Å². The molecule has 2 aromatic rings. The monoisotopic (exact) mass is 1020 g/mol. The highest BCUT2D eigenvalue weighted by atomic mass is 16.3. The third-order valence-electron chi connectivity index (χ3n) is 12.6. The Hall–Kier alpha value is -7.10. The number of aliphatic hydroxyl groups excluding tert-OH is 1. The van der Waals surface area contributed by atoms with Gasteiger partial charge in [-0.1, -0.05) is 96.1 Å². The first-order chi connectivity index (χ1) is 34.7. The summed E-state index contributed by atoms with van der Waals surface area (Å²) in [7, 11) is 2.65. The fourth-order valence-corrected chi connectivity index (χ4v) is 8.14. The predicted octanol–water partition coefficient (Wildman–Crippen LogP) is 1.02. The molecule has 4 bridgehead atoms. The van der Waals surface area contributed by atoms with Gasteiger partial charge in [0.15, 0.2) is 0 Å². The Bertz CT molecular complexity index is 2270. The average molecular weight is 1020 g/mol. The van der Waals surface area contributed by atoms with E-state index in [0.29, 0.717) is 12.0 Å². The van der Waals surface area contributed by atoms with E-state index in [2.05, 4.69) is 33.5 Å². The summed E-state index contributed by atoms with van der Waals surface area (Å²) in [6.45, 7) is 1.99. The van der Waals surface area contributed by atoms with Crippen LogP contribution in [0.1, 0.15) is 128 Å². The number of aliphatic hydroxyl groups is 1. The number of primary amides is 1. The van der Waals surface area contributed by atoms with Crippen molar-refractivity contribution in [1.82, 2.24) is 41.7 Å². The molecule has 5 atom stereocenters. The van der Waals surface area contributed by atoms with Gasteiger partial charge in [0.2, 0.25) is 53.0 Å².